The van der Waals surface area contributed by atoms with Crippen LogP contribution in [0.4, 0.5) is 20.2 Å². The van der Waals surface area contributed by atoms with E-state index in [9.17, 15) is 18.9 Å². The first kappa shape index (κ1) is 14.2. The Morgan fingerprint density at radius 3 is 2.65 bits per heavy atom. The fourth-order valence-corrected chi connectivity index (χ4v) is 1.92. The third-order valence-electron chi connectivity index (χ3n) is 2.60. The topological polar surface area (TPSA) is 55.2 Å². The maximum Gasteiger partial charge on any atom is 0.305 e. The van der Waals surface area contributed by atoms with Gasteiger partial charge in [0.2, 0.25) is 5.82 Å². The van der Waals surface area contributed by atoms with Gasteiger partial charge in [-0.2, -0.15) is 4.39 Å². The second-order valence-electron chi connectivity index (χ2n) is 4.02. The van der Waals surface area contributed by atoms with Gasteiger partial charge < -0.3 is 5.32 Å². The standard InChI is InChI=1S/C13H9ClF2N2O2/c14-9-4-10(15)6-11(5-9)17-7-8-2-1-3-12(13(8)16)18(19)20/h1-6,17H,7H2. The molecule has 2 rings (SSSR count). The van der Waals surface area contributed by atoms with E-state index in [1.165, 1.54) is 24.3 Å². The van der Waals surface area contributed by atoms with E-state index in [2.05, 4.69) is 5.32 Å². The molecule has 0 bridgehead atoms. The van der Waals surface area contributed by atoms with Crippen LogP contribution in [-0.4, -0.2) is 4.92 Å². The Morgan fingerprint density at radius 1 is 1.25 bits per heavy atom. The average molecular weight is 299 g/mol. The molecule has 0 heterocycles. The molecule has 2 aromatic rings. The van der Waals surface area contributed by atoms with Crippen molar-refractivity contribution in [3.05, 3.63) is 68.7 Å². The fourth-order valence-electron chi connectivity index (χ4n) is 1.70. The van der Waals surface area contributed by atoms with Gasteiger partial charge >= 0.3 is 5.69 Å². The molecule has 0 atom stereocenters. The molecule has 0 aliphatic carbocycles. The zero-order valence-electron chi connectivity index (χ0n) is 10.1. The Morgan fingerprint density at radius 2 is 2.00 bits per heavy atom. The molecule has 0 aliphatic rings. The second kappa shape index (κ2) is 5.83. The minimum atomic E-state index is -0.910. The molecular formula is C13H9ClF2N2O2. The summed E-state index contributed by atoms with van der Waals surface area (Å²) in [6.07, 6.45) is 0. The Kier molecular flexibility index (Phi) is 4.14. The van der Waals surface area contributed by atoms with Gasteiger partial charge in [-0.25, -0.2) is 4.39 Å². The molecule has 0 unspecified atom stereocenters. The van der Waals surface area contributed by atoms with E-state index in [-0.39, 0.29) is 17.1 Å². The number of hydrogen-bond acceptors (Lipinski definition) is 3. The number of anilines is 1. The molecule has 4 nitrogen and oxygen atoms in total. The smallest absolute Gasteiger partial charge is 0.305 e. The summed E-state index contributed by atoms with van der Waals surface area (Å²) in [6, 6.07) is 7.69. The van der Waals surface area contributed by atoms with Crippen LogP contribution in [0, 0.1) is 21.7 Å². The van der Waals surface area contributed by atoms with Crippen LogP contribution < -0.4 is 5.32 Å². The number of hydrogen-bond donors (Lipinski definition) is 1. The lowest BCUT2D eigenvalue weighted by atomic mass is 10.2. The fraction of sp³-hybridized carbons (Fsp3) is 0.0769. The largest absolute Gasteiger partial charge is 0.381 e. The number of halogens is 3. The molecule has 0 fully saturated rings. The van der Waals surface area contributed by atoms with Crippen molar-refractivity contribution in [1.29, 1.82) is 0 Å². The molecule has 2 aromatic carbocycles. The van der Waals surface area contributed by atoms with Crippen LogP contribution in [0.15, 0.2) is 36.4 Å². The number of nitro groups is 1. The van der Waals surface area contributed by atoms with Crippen molar-refractivity contribution < 1.29 is 13.7 Å². The molecular weight excluding hydrogens is 290 g/mol. The summed E-state index contributed by atoms with van der Waals surface area (Å²) < 4.78 is 26.9. The second-order valence-corrected chi connectivity index (χ2v) is 4.46. The highest BCUT2D eigenvalue weighted by atomic mass is 35.5. The summed E-state index contributed by atoms with van der Waals surface area (Å²) in [7, 11) is 0. The molecule has 0 amide bonds. The molecule has 0 saturated carbocycles. The summed E-state index contributed by atoms with van der Waals surface area (Å²) >= 11 is 5.69. The predicted octanol–water partition coefficient (Wildman–Crippen LogP) is 4.14. The average Bonchev–Trinajstić information content (AvgIpc) is 2.36. The molecule has 0 spiro atoms. The van der Waals surface area contributed by atoms with Crippen molar-refractivity contribution in [3.8, 4) is 0 Å². The van der Waals surface area contributed by atoms with E-state index < -0.39 is 22.2 Å². The number of nitro benzene ring substituents is 1. The first-order valence-electron chi connectivity index (χ1n) is 5.59. The maximum absolute atomic E-state index is 13.8. The molecule has 0 aliphatic heterocycles. The Balaban J connectivity index is 2.19. The summed E-state index contributed by atoms with van der Waals surface area (Å²) in [4.78, 5) is 9.82. The first-order valence-corrected chi connectivity index (χ1v) is 5.97. The first-order chi connectivity index (χ1) is 9.47. The van der Waals surface area contributed by atoms with Gasteiger partial charge in [-0.3, -0.25) is 10.1 Å². The predicted molar refractivity (Wildman–Crippen MR) is 71.8 cm³/mol. The number of nitrogens with zero attached hydrogens (tertiary/aromatic N) is 1. The van der Waals surface area contributed by atoms with Crippen molar-refractivity contribution in [2.75, 3.05) is 5.32 Å². The molecule has 104 valence electrons. The van der Waals surface area contributed by atoms with Crippen LogP contribution in [0.5, 0.6) is 0 Å². The normalized spacial score (nSPS) is 10.3. The third kappa shape index (κ3) is 3.21. The Labute approximate surface area is 118 Å². The Hall–Kier alpha value is -2.21. The zero-order chi connectivity index (χ0) is 14.7. The minimum Gasteiger partial charge on any atom is -0.381 e. The molecule has 1 N–H and O–H groups in total. The van der Waals surface area contributed by atoms with Crippen molar-refractivity contribution in [1.82, 2.24) is 0 Å². The van der Waals surface area contributed by atoms with Crippen molar-refractivity contribution in [2.24, 2.45) is 0 Å². The van der Waals surface area contributed by atoms with Gasteiger partial charge in [0.1, 0.15) is 5.82 Å². The zero-order valence-corrected chi connectivity index (χ0v) is 10.8. The van der Waals surface area contributed by atoms with Crippen LogP contribution >= 0.6 is 11.6 Å². The summed E-state index contributed by atoms with van der Waals surface area (Å²) in [5.74, 6) is -1.44. The summed E-state index contributed by atoms with van der Waals surface area (Å²) in [5, 5.41) is 13.6. The van der Waals surface area contributed by atoms with Gasteiger partial charge in [-0.1, -0.05) is 23.7 Å². The van der Waals surface area contributed by atoms with Crippen molar-refractivity contribution in [3.63, 3.8) is 0 Å². The number of nitrogens with one attached hydrogen (secondary N) is 1. The van der Waals surface area contributed by atoms with Crippen LogP contribution in [0.1, 0.15) is 5.56 Å². The van der Waals surface area contributed by atoms with Gasteiger partial charge in [0.25, 0.3) is 0 Å². The highest BCUT2D eigenvalue weighted by Crippen LogP contribution is 2.22. The quantitative estimate of drug-likeness (QED) is 0.682. The minimum absolute atomic E-state index is 0.0205. The monoisotopic (exact) mass is 298 g/mol. The van der Waals surface area contributed by atoms with E-state index in [1.807, 2.05) is 0 Å². The lowest BCUT2D eigenvalue weighted by Gasteiger charge is -2.08. The van der Waals surface area contributed by atoms with Crippen molar-refractivity contribution in [2.45, 2.75) is 6.54 Å². The van der Waals surface area contributed by atoms with E-state index in [0.29, 0.717) is 5.69 Å². The third-order valence-corrected chi connectivity index (χ3v) is 2.82. The van der Waals surface area contributed by atoms with Gasteiger partial charge in [0.15, 0.2) is 0 Å². The van der Waals surface area contributed by atoms with Crippen LogP contribution in [-0.2, 0) is 6.54 Å². The molecule has 0 saturated heterocycles. The van der Waals surface area contributed by atoms with E-state index in [1.54, 1.807) is 0 Å². The van der Waals surface area contributed by atoms with Crippen LogP contribution in [0.25, 0.3) is 0 Å². The van der Waals surface area contributed by atoms with Gasteiger partial charge in [-0.05, 0) is 18.2 Å². The number of benzene rings is 2. The van der Waals surface area contributed by atoms with Gasteiger partial charge in [0, 0.05) is 28.9 Å². The lowest BCUT2D eigenvalue weighted by Crippen LogP contribution is -2.04. The summed E-state index contributed by atoms with van der Waals surface area (Å²) in [6.45, 7) is -0.0205. The number of rotatable bonds is 4. The van der Waals surface area contributed by atoms with Crippen LogP contribution in [0.3, 0.4) is 0 Å². The molecule has 0 radical (unpaired) electrons. The van der Waals surface area contributed by atoms with E-state index in [4.69, 9.17) is 11.6 Å². The van der Waals surface area contributed by atoms with Gasteiger partial charge in [0.05, 0.1) is 4.92 Å². The van der Waals surface area contributed by atoms with E-state index in [0.717, 1.165) is 12.1 Å². The summed E-state index contributed by atoms with van der Waals surface area (Å²) in [5.41, 5.74) is -0.123. The maximum atomic E-state index is 13.8. The van der Waals surface area contributed by atoms with E-state index >= 15 is 0 Å². The highest BCUT2D eigenvalue weighted by Gasteiger charge is 2.16. The van der Waals surface area contributed by atoms with Gasteiger partial charge in [-0.15, -0.1) is 0 Å². The Bertz CT molecular complexity index is 645. The molecule has 20 heavy (non-hydrogen) atoms. The molecule has 7 heteroatoms. The SMILES string of the molecule is O=[N+]([O-])c1cccc(CNc2cc(F)cc(Cl)c2)c1F. The van der Waals surface area contributed by atoms with Crippen LogP contribution in [0.2, 0.25) is 5.02 Å². The molecule has 0 aromatic heterocycles. The highest BCUT2D eigenvalue weighted by molar-refractivity contribution is 6.30. The lowest BCUT2D eigenvalue weighted by molar-refractivity contribution is -0.387. The van der Waals surface area contributed by atoms with Crippen molar-refractivity contribution >= 4 is 23.0 Å².